The highest BCUT2D eigenvalue weighted by Gasteiger charge is 2.45. The molecule has 2 unspecified atom stereocenters. The summed E-state index contributed by atoms with van der Waals surface area (Å²) in [6.07, 6.45) is 2.83. The molecule has 4 saturated heterocycles. The molecule has 0 radical (unpaired) electrons. The topological polar surface area (TPSA) is 133 Å². The first-order valence-corrected chi connectivity index (χ1v) is 17.5. The van der Waals surface area contributed by atoms with E-state index in [-0.39, 0.29) is 24.1 Å². The Bertz CT molecular complexity index is 1670. The number of aromatic amines is 1. The van der Waals surface area contributed by atoms with Crippen molar-refractivity contribution in [1.82, 2.24) is 34.4 Å². The van der Waals surface area contributed by atoms with Crippen LogP contribution in [0.2, 0.25) is 5.02 Å². The SMILES string of the molecule is Cc1cc(C[C@@H](OC(=O)N2CCC(n3nc(-c4ccccc4)[nH]c3=O)CC2)C(=O)N2CCC(N3CC4CC3CN4C)CC2)cc(Cl)c1N. The number of aryl methyl sites for hydroxylation is 1. The Morgan fingerprint density at radius 1 is 0.979 bits per heavy atom. The van der Waals surface area contributed by atoms with Crippen LogP contribution in [0.1, 0.15) is 49.3 Å². The number of carbonyl (C=O) groups excluding carboxylic acids is 2. The number of nitrogens with one attached hydrogen (secondary N) is 1. The van der Waals surface area contributed by atoms with Crippen molar-refractivity contribution in [3.8, 4) is 11.4 Å². The number of aromatic nitrogens is 3. The van der Waals surface area contributed by atoms with Gasteiger partial charge in [0.15, 0.2) is 11.9 Å². The molecule has 2 amide bonds. The summed E-state index contributed by atoms with van der Waals surface area (Å²) in [6, 6.07) is 14.7. The number of ether oxygens (including phenoxy) is 1. The fourth-order valence-corrected chi connectivity index (χ4v) is 8.39. The van der Waals surface area contributed by atoms with Crippen molar-refractivity contribution < 1.29 is 14.3 Å². The van der Waals surface area contributed by atoms with Crippen LogP contribution in [0, 0.1) is 6.92 Å². The molecule has 7 rings (SSSR count). The average molecular weight is 677 g/mol. The van der Waals surface area contributed by atoms with E-state index in [1.54, 1.807) is 11.0 Å². The first-order valence-electron chi connectivity index (χ1n) is 17.1. The van der Waals surface area contributed by atoms with Crippen molar-refractivity contribution >= 4 is 29.3 Å². The number of hydrogen-bond donors (Lipinski definition) is 2. The number of halogens is 1. The lowest BCUT2D eigenvalue weighted by Crippen LogP contribution is -2.54. The number of anilines is 1. The normalized spacial score (nSPS) is 23.1. The minimum Gasteiger partial charge on any atom is -0.436 e. The molecule has 0 saturated carbocycles. The van der Waals surface area contributed by atoms with E-state index >= 15 is 0 Å². The number of hydrogen-bond acceptors (Lipinski definition) is 8. The molecular formula is C35H45ClN8O4. The Labute approximate surface area is 285 Å². The minimum atomic E-state index is -0.996. The Kier molecular flexibility index (Phi) is 9.23. The van der Waals surface area contributed by atoms with E-state index in [9.17, 15) is 14.4 Å². The first kappa shape index (κ1) is 32.7. The van der Waals surface area contributed by atoms with Crippen molar-refractivity contribution in [2.45, 2.75) is 75.7 Å². The predicted octanol–water partition coefficient (Wildman–Crippen LogP) is 3.55. The molecule has 0 spiro atoms. The highest BCUT2D eigenvalue weighted by atomic mass is 35.5. The molecule has 5 heterocycles. The molecule has 2 aromatic carbocycles. The number of likely N-dealkylation sites (tertiary alicyclic amines) is 4. The maximum atomic E-state index is 14.1. The molecule has 48 heavy (non-hydrogen) atoms. The van der Waals surface area contributed by atoms with Crippen LogP contribution >= 0.6 is 11.6 Å². The van der Waals surface area contributed by atoms with E-state index < -0.39 is 12.2 Å². The second-order valence-corrected chi connectivity index (χ2v) is 14.3. The monoisotopic (exact) mass is 676 g/mol. The van der Waals surface area contributed by atoms with Crippen molar-refractivity contribution in [3.63, 3.8) is 0 Å². The van der Waals surface area contributed by atoms with Crippen molar-refractivity contribution in [1.29, 1.82) is 0 Å². The van der Waals surface area contributed by atoms with E-state index in [4.69, 9.17) is 22.1 Å². The summed E-state index contributed by atoms with van der Waals surface area (Å²) in [5.74, 6) is 0.340. The number of carbonyl (C=O) groups is 2. The lowest BCUT2D eigenvalue weighted by Gasteiger charge is -2.42. The number of piperazine rings is 1. The maximum Gasteiger partial charge on any atom is 0.410 e. The van der Waals surface area contributed by atoms with Gasteiger partial charge in [-0.15, -0.1) is 5.10 Å². The smallest absolute Gasteiger partial charge is 0.410 e. The predicted molar refractivity (Wildman–Crippen MR) is 184 cm³/mol. The van der Waals surface area contributed by atoms with Gasteiger partial charge in [-0.05, 0) is 63.3 Å². The number of piperidine rings is 2. The third-order valence-corrected chi connectivity index (χ3v) is 11.2. The van der Waals surface area contributed by atoms with Gasteiger partial charge in [0, 0.05) is 69.4 Å². The Hall–Kier alpha value is -3.87. The molecular weight excluding hydrogens is 632 g/mol. The molecule has 0 aliphatic carbocycles. The van der Waals surface area contributed by atoms with Crippen LogP contribution in [0.25, 0.3) is 11.4 Å². The quantitative estimate of drug-likeness (QED) is 0.363. The second kappa shape index (κ2) is 13.6. The van der Waals surface area contributed by atoms with Crippen LogP contribution < -0.4 is 11.4 Å². The maximum absolute atomic E-state index is 14.1. The van der Waals surface area contributed by atoms with Crippen LogP contribution in [-0.2, 0) is 16.0 Å². The van der Waals surface area contributed by atoms with E-state index in [1.807, 2.05) is 48.2 Å². The number of amides is 2. The molecule has 3 N–H and O–H groups in total. The lowest BCUT2D eigenvalue weighted by atomic mass is 9.99. The zero-order valence-corrected chi connectivity index (χ0v) is 28.4. The lowest BCUT2D eigenvalue weighted by molar-refractivity contribution is -0.142. The molecule has 256 valence electrons. The number of nitrogens with two attached hydrogens (primary N) is 1. The molecule has 1 aromatic heterocycles. The van der Waals surface area contributed by atoms with Gasteiger partial charge in [0.05, 0.1) is 16.8 Å². The van der Waals surface area contributed by atoms with Gasteiger partial charge < -0.3 is 25.2 Å². The van der Waals surface area contributed by atoms with Gasteiger partial charge in [0.25, 0.3) is 5.91 Å². The summed E-state index contributed by atoms with van der Waals surface area (Å²) in [7, 11) is 2.21. The number of rotatable bonds is 7. The van der Waals surface area contributed by atoms with Gasteiger partial charge in [0.1, 0.15) is 0 Å². The summed E-state index contributed by atoms with van der Waals surface area (Å²) >= 11 is 6.41. The van der Waals surface area contributed by atoms with Gasteiger partial charge in [-0.1, -0.05) is 48.0 Å². The molecule has 2 bridgehead atoms. The number of nitrogen functional groups attached to an aromatic ring is 1. The Morgan fingerprint density at radius 2 is 1.67 bits per heavy atom. The third-order valence-electron chi connectivity index (χ3n) is 10.9. The molecule has 3 aromatic rings. The summed E-state index contributed by atoms with van der Waals surface area (Å²) < 4.78 is 7.53. The Morgan fingerprint density at radius 3 is 2.31 bits per heavy atom. The largest absolute Gasteiger partial charge is 0.436 e. The highest BCUT2D eigenvalue weighted by Crippen LogP contribution is 2.34. The van der Waals surface area contributed by atoms with Crippen molar-refractivity contribution in [2.75, 3.05) is 52.0 Å². The molecule has 12 nitrogen and oxygen atoms in total. The van der Waals surface area contributed by atoms with Gasteiger partial charge >= 0.3 is 11.8 Å². The number of fused-ring (bicyclic) bond motifs is 2. The third kappa shape index (κ3) is 6.57. The second-order valence-electron chi connectivity index (χ2n) is 13.9. The van der Waals surface area contributed by atoms with E-state index in [2.05, 4.69) is 26.9 Å². The zero-order valence-electron chi connectivity index (χ0n) is 27.7. The number of likely N-dealkylation sites (N-methyl/N-ethyl adjacent to an activating group) is 1. The molecule has 4 aliphatic heterocycles. The fourth-order valence-electron chi connectivity index (χ4n) is 8.10. The summed E-state index contributed by atoms with van der Waals surface area (Å²) in [4.78, 5) is 51.9. The van der Waals surface area contributed by atoms with E-state index in [0.717, 1.165) is 42.6 Å². The number of H-pyrrole nitrogens is 1. The summed E-state index contributed by atoms with van der Waals surface area (Å²) in [5.41, 5.74) is 8.75. The summed E-state index contributed by atoms with van der Waals surface area (Å²) in [5, 5.41) is 4.96. The van der Waals surface area contributed by atoms with E-state index in [0.29, 0.717) is 73.7 Å². The van der Waals surface area contributed by atoms with Gasteiger partial charge in [-0.25, -0.2) is 14.3 Å². The first-order chi connectivity index (χ1) is 23.1. The zero-order chi connectivity index (χ0) is 33.5. The number of nitrogens with zero attached hydrogens (tertiary/aromatic N) is 6. The standard InChI is InChI=1S/C35H45ClN8O4/c1-22-16-23(17-29(36)31(22)37)18-30(33(45)41-12-8-25(9-13-41)43-21-27-19-28(43)20-40(27)2)48-35(47)42-14-10-26(11-15-42)44-34(46)38-32(39-44)24-6-4-3-5-7-24/h3-7,16-17,25-28,30H,8-15,18-21,37H2,1-2H3,(H,38,39,46)/t27?,28?,30-/m1/s1. The van der Waals surface area contributed by atoms with Crippen molar-refractivity contribution in [3.05, 3.63) is 69.1 Å². The van der Waals surface area contributed by atoms with Crippen LogP contribution in [0.5, 0.6) is 0 Å². The van der Waals surface area contributed by atoms with Gasteiger partial charge in [-0.2, -0.15) is 0 Å². The number of benzene rings is 2. The van der Waals surface area contributed by atoms with Gasteiger partial charge in [-0.3, -0.25) is 14.7 Å². The molecule has 4 aliphatic rings. The molecule has 4 fully saturated rings. The van der Waals surface area contributed by atoms with Crippen LogP contribution in [0.15, 0.2) is 47.3 Å². The van der Waals surface area contributed by atoms with Gasteiger partial charge in [0.2, 0.25) is 0 Å². The van der Waals surface area contributed by atoms with Crippen LogP contribution in [-0.4, -0.2) is 117 Å². The minimum absolute atomic E-state index is 0.153. The van der Waals surface area contributed by atoms with E-state index in [1.165, 1.54) is 11.1 Å². The molecule has 13 heteroatoms. The fraction of sp³-hybridized carbons (Fsp3) is 0.543. The molecule has 3 atom stereocenters. The van der Waals surface area contributed by atoms with Crippen LogP contribution in [0.4, 0.5) is 10.5 Å². The van der Waals surface area contributed by atoms with Crippen molar-refractivity contribution in [2.24, 2.45) is 0 Å². The summed E-state index contributed by atoms with van der Waals surface area (Å²) in [6.45, 7) is 6.15. The van der Waals surface area contributed by atoms with Crippen LogP contribution in [0.3, 0.4) is 0 Å². The Balaban J connectivity index is 1.00. The highest BCUT2D eigenvalue weighted by molar-refractivity contribution is 6.33. The average Bonchev–Trinajstić information content (AvgIpc) is 3.81.